The van der Waals surface area contributed by atoms with E-state index in [2.05, 4.69) is 21.5 Å². The number of halogens is 6. The number of hydrogen-bond donors (Lipinski definition) is 3. The minimum Gasteiger partial charge on any atom is -0.496 e. The third kappa shape index (κ3) is 6.67. The zero-order valence-corrected chi connectivity index (χ0v) is 24.3. The van der Waals surface area contributed by atoms with E-state index in [1.807, 2.05) is 5.32 Å². The van der Waals surface area contributed by atoms with Gasteiger partial charge in [-0.05, 0) is 61.9 Å². The highest BCUT2D eigenvalue weighted by Crippen LogP contribution is 2.40. The molecule has 0 aliphatic carbocycles. The Balaban J connectivity index is 1.98. The van der Waals surface area contributed by atoms with Gasteiger partial charge in [-0.2, -0.15) is 26.9 Å². The van der Waals surface area contributed by atoms with Crippen molar-refractivity contribution >= 4 is 28.7 Å². The first-order valence-corrected chi connectivity index (χ1v) is 13.1. The van der Waals surface area contributed by atoms with Gasteiger partial charge in [0.2, 0.25) is 5.71 Å². The lowest BCUT2D eigenvalue weighted by atomic mass is 9.98. The van der Waals surface area contributed by atoms with Gasteiger partial charge in [-0.3, -0.25) is 9.59 Å². The average Bonchev–Trinajstić information content (AvgIpc) is 3.36. The van der Waals surface area contributed by atoms with Gasteiger partial charge < -0.3 is 25.1 Å². The van der Waals surface area contributed by atoms with Crippen LogP contribution in [-0.2, 0) is 0 Å². The lowest BCUT2D eigenvalue weighted by Gasteiger charge is -2.22. The summed E-state index contributed by atoms with van der Waals surface area (Å²) < 4.78 is 91.8. The summed E-state index contributed by atoms with van der Waals surface area (Å²) in [6, 6.07) is 10.3. The van der Waals surface area contributed by atoms with Gasteiger partial charge >= 0.3 is 12.1 Å². The number of rotatable bonds is 9. The van der Waals surface area contributed by atoms with Crippen LogP contribution < -0.4 is 20.7 Å². The van der Waals surface area contributed by atoms with Gasteiger partial charge in [0.05, 0.1) is 35.7 Å². The zero-order chi connectivity index (χ0) is 33.3. The predicted octanol–water partition coefficient (Wildman–Crippen LogP) is 6.42. The highest BCUT2D eigenvalue weighted by molar-refractivity contribution is 6.11. The summed E-state index contributed by atoms with van der Waals surface area (Å²) in [5.41, 5.74) is -1.17. The van der Waals surface area contributed by atoms with E-state index in [4.69, 9.17) is 15.6 Å². The van der Waals surface area contributed by atoms with Crippen molar-refractivity contribution in [1.82, 2.24) is 15.6 Å². The number of amides is 2. The monoisotopic (exact) mass is 632 g/mol. The minimum absolute atomic E-state index is 0.0456. The molecule has 2 aromatic carbocycles. The lowest BCUT2D eigenvalue weighted by molar-refractivity contribution is -0.275. The van der Waals surface area contributed by atoms with E-state index < -0.39 is 47.6 Å². The molecule has 2 aromatic heterocycles. The van der Waals surface area contributed by atoms with Gasteiger partial charge in [0.25, 0.3) is 11.8 Å². The fourth-order valence-corrected chi connectivity index (χ4v) is 4.27. The molecule has 0 fully saturated rings. The van der Waals surface area contributed by atoms with Crippen LogP contribution in [0.5, 0.6) is 5.75 Å². The van der Waals surface area contributed by atoms with Crippen molar-refractivity contribution in [1.29, 1.82) is 0 Å². The molecule has 0 saturated carbocycles. The van der Waals surface area contributed by atoms with Gasteiger partial charge in [0.1, 0.15) is 23.1 Å². The number of benzene rings is 2. The summed E-state index contributed by atoms with van der Waals surface area (Å²) in [5.74, 6) is -5.07. The Morgan fingerprint density at radius 1 is 1.00 bits per heavy atom. The third-order valence-electron chi connectivity index (χ3n) is 6.68. The number of aromatic nitrogens is 1. The number of terminal acetylenes is 1. The Labute approximate surface area is 253 Å². The molecule has 2 amide bonds. The van der Waals surface area contributed by atoms with Crippen molar-refractivity contribution < 1.29 is 45.1 Å². The molecule has 0 radical (unpaired) electrons. The number of pyridine rings is 1. The highest BCUT2D eigenvalue weighted by atomic mass is 19.4. The van der Waals surface area contributed by atoms with Crippen molar-refractivity contribution in [2.45, 2.75) is 31.5 Å². The molecule has 0 spiro atoms. The van der Waals surface area contributed by atoms with E-state index in [0.717, 1.165) is 12.1 Å². The molecule has 0 atom stereocenters. The summed E-state index contributed by atoms with van der Waals surface area (Å²) in [6.45, 7) is 1.25. The first-order chi connectivity index (χ1) is 21.0. The summed E-state index contributed by atoms with van der Waals surface area (Å²) in [5, 5.41) is 7.18. The van der Waals surface area contributed by atoms with E-state index in [-0.39, 0.29) is 50.4 Å². The molecule has 0 bridgehead atoms. The molecule has 8 nitrogen and oxygen atoms in total. The highest BCUT2D eigenvalue weighted by Gasteiger charge is 2.57. The molecule has 45 heavy (non-hydrogen) atoms. The molecule has 4 rings (SSSR count). The number of hydrogen-bond acceptors (Lipinski definition) is 6. The van der Waals surface area contributed by atoms with Gasteiger partial charge in [0.15, 0.2) is 0 Å². The summed E-state index contributed by atoms with van der Waals surface area (Å²) >= 11 is 0. The molecule has 2 heterocycles. The van der Waals surface area contributed by atoms with Crippen LogP contribution in [0.15, 0.2) is 52.9 Å². The third-order valence-corrected chi connectivity index (χ3v) is 6.68. The Bertz CT molecular complexity index is 1810. The Kier molecular flexibility index (Phi) is 8.77. The van der Waals surface area contributed by atoms with Gasteiger partial charge in [-0.25, -0.2) is 4.39 Å². The average molecular weight is 633 g/mol. The zero-order valence-electron chi connectivity index (χ0n) is 24.3. The van der Waals surface area contributed by atoms with Crippen molar-refractivity contribution in [3.63, 3.8) is 0 Å². The summed E-state index contributed by atoms with van der Waals surface area (Å²) in [6.07, 6.45) is -0.385. The first-order valence-electron chi connectivity index (χ1n) is 13.1. The van der Waals surface area contributed by atoms with E-state index in [0.29, 0.717) is 0 Å². The van der Waals surface area contributed by atoms with Crippen molar-refractivity contribution in [3.05, 3.63) is 65.5 Å². The van der Waals surface area contributed by atoms with Crippen LogP contribution in [0.4, 0.5) is 32.2 Å². The van der Waals surface area contributed by atoms with Gasteiger partial charge in [-0.1, -0.05) is 12.0 Å². The number of furan rings is 1. The van der Waals surface area contributed by atoms with Crippen LogP contribution in [0.2, 0.25) is 0 Å². The minimum atomic E-state index is -5.87. The number of fused-ring (bicyclic) bond motifs is 1. The number of nitrogens with one attached hydrogen (secondary N) is 3. The molecular weight excluding hydrogens is 606 g/mol. The molecule has 0 aliphatic heterocycles. The number of carbonyl (C=O) groups excluding carboxylic acids is 2. The fourth-order valence-electron chi connectivity index (χ4n) is 4.27. The largest absolute Gasteiger partial charge is 0.496 e. The van der Waals surface area contributed by atoms with E-state index in [9.17, 15) is 35.9 Å². The molecule has 4 aromatic rings. The maximum atomic E-state index is 14.0. The Morgan fingerprint density at radius 2 is 1.64 bits per heavy atom. The van der Waals surface area contributed by atoms with E-state index in [1.165, 1.54) is 50.6 Å². The molecule has 0 unspecified atom stereocenters. The number of methoxy groups -OCH3 is 1. The van der Waals surface area contributed by atoms with Crippen LogP contribution in [0.3, 0.4) is 0 Å². The number of carbonyl (C=O) groups is 2. The first kappa shape index (κ1) is 32.7. The second kappa shape index (κ2) is 12.1. The van der Waals surface area contributed by atoms with Crippen LogP contribution in [0.1, 0.15) is 34.6 Å². The SMILES string of the molecule is C#CC(C)(C)NC(=O)c1cc(-c2cc3c(C(=O)NC)c(-c4ccc(F)cc4)oc3nc2NCC(F)(F)C(F)(F)F)ccc1OC. The number of nitrogens with zero attached hydrogens (tertiary/aromatic N) is 1. The lowest BCUT2D eigenvalue weighted by Crippen LogP contribution is -2.42. The molecule has 0 saturated heterocycles. The Morgan fingerprint density at radius 3 is 2.22 bits per heavy atom. The number of alkyl halides is 5. The number of ether oxygens (including phenoxy) is 1. The van der Waals surface area contributed by atoms with E-state index >= 15 is 0 Å². The smallest absolute Gasteiger partial charge is 0.455 e. The quantitative estimate of drug-likeness (QED) is 0.145. The van der Waals surface area contributed by atoms with Crippen molar-refractivity contribution in [2.24, 2.45) is 0 Å². The predicted molar refractivity (Wildman–Crippen MR) is 155 cm³/mol. The van der Waals surface area contributed by atoms with Gasteiger partial charge in [-0.15, -0.1) is 6.42 Å². The maximum Gasteiger partial charge on any atom is 0.455 e. The number of anilines is 1. The molecule has 236 valence electrons. The van der Waals surface area contributed by atoms with Crippen LogP contribution >= 0.6 is 0 Å². The second-order valence-corrected chi connectivity index (χ2v) is 10.3. The molecular formula is C31H26F6N4O4. The molecule has 14 heteroatoms. The van der Waals surface area contributed by atoms with Crippen LogP contribution in [0, 0.1) is 18.2 Å². The summed E-state index contributed by atoms with van der Waals surface area (Å²) in [7, 11) is 2.64. The molecule has 0 aliphatic rings. The standard InChI is InChI=1S/C31H26F6N4O4/c1-6-29(2,3)41-26(42)20-13-17(9-12-22(20)44-5)19-14-21-23(27(43)38-4)24(16-7-10-18(32)11-8-16)45-28(21)40-25(19)39-15-30(33,34)31(35,36)37/h1,7-14H,15H2,2-5H3,(H,38,43)(H,39,40)(H,41,42). The van der Waals surface area contributed by atoms with Crippen LogP contribution in [0.25, 0.3) is 33.6 Å². The maximum absolute atomic E-state index is 14.0. The van der Waals surface area contributed by atoms with E-state index in [1.54, 1.807) is 13.8 Å². The fraction of sp³-hybridized carbons (Fsp3) is 0.258. The second-order valence-electron chi connectivity index (χ2n) is 10.3. The van der Waals surface area contributed by atoms with Crippen LogP contribution in [-0.4, -0.2) is 55.1 Å². The summed E-state index contributed by atoms with van der Waals surface area (Å²) in [4.78, 5) is 30.4. The Hall–Kier alpha value is -5.19. The topological polar surface area (TPSA) is 105 Å². The molecule has 3 N–H and O–H groups in total. The van der Waals surface area contributed by atoms with Gasteiger partial charge in [0, 0.05) is 18.2 Å². The van der Waals surface area contributed by atoms with Crippen molar-refractivity contribution in [2.75, 3.05) is 26.0 Å². The normalized spacial score (nSPS) is 12.0. The van der Waals surface area contributed by atoms with Crippen molar-refractivity contribution in [3.8, 4) is 40.5 Å².